The number of benzene rings is 1. The van der Waals surface area contributed by atoms with Gasteiger partial charge in [0.15, 0.2) is 0 Å². The van der Waals surface area contributed by atoms with Crippen LogP contribution in [0, 0.1) is 11.7 Å². The van der Waals surface area contributed by atoms with E-state index in [-0.39, 0.29) is 11.1 Å². The molecule has 1 amide bonds. The first-order valence-corrected chi connectivity index (χ1v) is 10.8. The average molecular weight is 426 g/mol. The molecule has 164 valence electrons. The van der Waals surface area contributed by atoms with Crippen LogP contribution in [0.15, 0.2) is 36.5 Å². The average Bonchev–Trinajstić information content (AvgIpc) is 3.27. The van der Waals surface area contributed by atoms with E-state index in [1.54, 1.807) is 0 Å². The van der Waals surface area contributed by atoms with Gasteiger partial charge in [-0.15, -0.1) is 0 Å². The molecule has 8 heteroatoms. The van der Waals surface area contributed by atoms with Gasteiger partial charge in [-0.1, -0.05) is 0 Å². The smallest absolute Gasteiger partial charge is 0.339 e. The number of amides is 1. The summed E-state index contributed by atoms with van der Waals surface area (Å²) in [4.78, 5) is 33.3. The van der Waals surface area contributed by atoms with E-state index in [0.717, 1.165) is 45.6 Å². The van der Waals surface area contributed by atoms with Crippen molar-refractivity contribution in [2.24, 2.45) is 5.92 Å². The molecule has 0 radical (unpaired) electrons. The predicted molar refractivity (Wildman–Crippen MR) is 116 cm³/mol. The minimum Gasteiger partial charge on any atom is -0.478 e. The second-order valence-electron chi connectivity index (χ2n) is 8.32. The molecule has 1 aromatic carbocycles. The van der Waals surface area contributed by atoms with E-state index in [4.69, 9.17) is 0 Å². The number of hydrogen-bond acceptors (Lipinski definition) is 5. The number of aromatic nitrogens is 1. The van der Waals surface area contributed by atoms with Crippen LogP contribution in [0.25, 0.3) is 0 Å². The predicted octanol–water partition coefficient (Wildman–Crippen LogP) is 3.48. The highest BCUT2D eigenvalue weighted by molar-refractivity contribution is 6.05. The van der Waals surface area contributed by atoms with Crippen LogP contribution in [-0.2, 0) is 0 Å². The minimum atomic E-state index is -1.08. The summed E-state index contributed by atoms with van der Waals surface area (Å²) in [7, 11) is 0. The molecular weight excluding hydrogens is 399 g/mol. The number of likely N-dealkylation sites (tertiary alicyclic amines) is 1. The molecule has 3 heterocycles. The SMILES string of the molecule is O=C(Nc1cnc(N2CCCC(CN3CCCC3)C2)c(C(=O)O)c1)c1ccc(F)cc1. The fourth-order valence-corrected chi connectivity index (χ4v) is 4.48. The molecule has 7 nitrogen and oxygen atoms in total. The Morgan fingerprint density at radius 3 is 2.58 bits per heavy atom. The summed E-state index contributed by atoms with van der Waals surface area (Å²) in [5.74, 6) is -1.02. The van der Waals surface area contributed by atoms with E-state index in [1.807, 2.05) is 0 Å². The third kappa shape index (κ3) is 5.19. The first kappa shape index (κ1) is 21.2. The topological polar surface area (TPSA) is 85.8 Å². The van der Waals surface area contributed by atoms with Crippen molar-refractivity contribution in [1.29, 1.82) is 0 Å². The lowest BCUT2D eigenvalue weighted by atomic mass is 9.97. The molecule has 31 heavy (non-hydrogen) atoms. The van der Waals surface area contributed by atoms with E-state index >= 15 is 0 Å². The largest absolute Gasteiger partial charge is 0.478 e. The van der Waals surface area contributed by atoms with Crippen molar-refractivity contribution in [1.82, 2.24) is 9.88 Å². The maximum Gasteiger partial charge on any atom is 0.339 e. The number of nitrogens with zero attached hydrogens (tertiary/aromatic N) is 3. The van der Waals surface area contributed by atoms with E-state index < -0.39 is 17.7 Å². The van der Waals surface area contributed by atoms with Gasteiger partial charge in [0.2, 0.25) is 0 Å². The van der Waals surface area contributed by atoms with Crippen molar-refractivity contribution in [3.8, 4) is 0 Å². The number of carboxylic acid groups (broad SMARTS) is 1. The zero-order valence-electron chi connectivity index (χ0n) is 17.4. The number of carbonyl (C=O) groups is 2. The van der Waals surface area contributed by atoms with Crippen LogP contribution in [0.1, 0.15) is 46.4 Å². The summed E-state index contributed by atoms with van der Waals surface area (Å²) in [5.41, 5.74) is 0.642. The number of carboxylic acids is 1. The summed E-state index contributed by atoms with van der Waals surface area (Å²) in [6.07, 6.45) is 6.13. The molecule has 0 saturated carbocycles. The summed E-state index contributed by atoms with van der Waals surface area (Å²) < 4.78 is 13.1. The third-order valence-corrected chi connectivity index (χ3v) is 5.99. The van der Waals surface area contributed by atoms with Crippen molar-refractivity contribution in [3.63, 3.8) is 0 Å². The first-order chi connectivity index (χ1) is 15.0. The number of carbonyl (C=O) groups excluding carboxylic acids is 1. The number of pyridine rings is 1. The van der Waals surface area contributed by atoms with Gasteiger partial charge in [0.1, 0.15) is 17.2 Å². The Hall–Kier alpha value is -3.00. The standard InChI is InChI=1S/C23H27FN4O3/c24-18-7-5-17(6-8-18)22(29)26-19-12-20(23(30)31)21(25-13-19)28-11-3-4-16(15-28)14-27-9-1-2-10-27/h5-8,12-13,16H,1-4,9-11,14-15H2,(H,26,29)(H,30,31). The van der Waals surface area contributed by atoms with Crippen LogP contribution in [0.2, 0.25) is 0 Å². The van der Waals surface area contributed by atoms with Crippen molar-refractivity contribution < 1.29 is 19.1 Å². The van der Waals surface area contributed by atoms with E-state index in [2.05, 4.69) is 20.1 Å². The van der Waals surface area contributed by atoms with Gasteiger partial charge < -0.3 is 20.2 Å². The number of piperidine rings is 1. The molecule has 1 atom stereocenters. The van der Waals surface area contributed by atoms with Crippen molar-refractivity contribution in [3.05, 3.63) is 53.5 Å². The second kappa shape index (κ2) is 9.43. The van der Waals surface area contributed by atoms with Crippen molar-refractivity contribution in [2.75, 3.05) is 42.9 Å². The van der Waals surface area contributed by atoms with Gasteiger partial charge in [-0.2, -0.15) is 0 Å². The molecule has 2 aliphatic heterocycles. The Balaban J connectivity index is 1.48. The maximum atomic E-state index is 13.1. The molecule has 1 unspecified atom stereocenters. The highest BCUT2D eigenvalue weighted by Crippen LogP contribution is 2.28. The Bertz CT molecular complexity index is 944. The Morgan fingerprint density at radius 1 is 1.13 bits per heavy atom. The minimum absolute atomic E-state index is 0.0683. The molecule has 2 N–H and O–H groups in total. The second-order valence-corrected chi connectivity index (χ2v) is 8.32. The zero-order valence-corrected chi connectivity index (χ0v) is 17.4. The zero-order chi connectivity index (χ0) is 21.8. The number of aromatic carboxylic acids is 1. The van der Waals surface area contributed by atoms with Gasteiger partial charge in [-0.05, 0) is 75.0 Å². The maximum absolute atomic E-state index is 13.1. The van der Waals surface area contributed by atoms with Gasteiger partial charge >= 0.3 is 5.97 Å². The lowest BCUT2D eigenvalue weighted by Gasteiger charge is -2.36. The van der Waals surface area contributed by atoms with Gasteiger partial charge in [0.25, 0.3) is 5.91 Å². The molecule has 0 aliphatic carbocycles. The highest BCUT2D eigenvalue weighted by atomic mass is 19.1. The molecular formula is C23H27FN4O3. The Labute approximate surface area is 180 Å². The van der Waals surface area contributed by atoms with Crippen LogP contribution in [0.4, 0.5) is 15.9 Å². The van der Waals surface area contributed by atoms with Crippen LogP contribution >= 0.6 is 0 Å². The van der Waals surface area contributed by atoms with Crippen molar-refractivity contribution in [2.45, 2.75) is 25.7 Å². The quantitative estimate of drug-likeness (QED) is 0.736. The van der Waals surface area contributed by atoms with Gasteiger partial charge in [-0.3, -0.25) is 4.79 Å². The van der Waals surface area contributed by atoms with E-state index in [0.29, 0.717) is 17.4 Å². The summed E-state index contributed by atoms with van der Waals surface area (Å²) >= 11 is 0. The fourth-order valence-electron chi connectivity index (χ4n) is 4.48. The summed E-state index contributed by atoms with van der Waals surface area (Å²) in [6.45, 7) is 4.90. The van der Waals surface area contributed by atoms with Gasteiger partial charge in [0.05, 0.1) is 11.9 Å². The number of hydrogen-bond donors (Lipinski definition) is 2. The molecule has 2 aliphatic rings. The number of anilines is 2. The monoisotopic (exact) mass is 426 g/mol. The Morgan fingerprint density at radius 2 is 1.87 bits per heavy atom. The number of nitrogens with one attached hydrogen (secondary N) is 1. The van der Waals surface area contributed by atoms with Crippen LogP contribution < -0.4 is 10.2 Å². The molecule has 2 fully saturated rings. The molecule has 4 rings (SSSR count). The Kier molecular flexibility index (Phi) is 6.46. The van der Waals surface area contributed by atoms with Crippen LogP contribution in [0.3, 0.4) is 0 Å². The van der Waals surface area contributed by atoms with Crippen molar-refractivity contribution >= 4 is 23.4 Å². The summed E-state index contributed by atoms with van der Waals surface area (Å²) in [6, 6.07) is 6.59. The molecule has 0 spiro atoms. The first-order valence-electron chi connectivity index (χ1n) is 10.8. The molecule has 2 aromatic rings. The van der Waals surface area contributed by atoms with E-state index in [1.165, 1.54) is 49.4 Å². The lowest BCUT2D eigenvalue weighted by Crippen LogP contribution is -2.41. The van der Waals surface area contributed by atoms with Crippen LogP contribution in [0.5, 0.6) is 0 Å². The molecule has 0 bridgehead atoms. The highest BCUT2D eigenvalue weighted by Gasteiger charge is 2.27. The summed E-state index contributed by atoms with van der Waals surface area (Å²) in [5, 5.41) is 12.4. The molecule has 1 aromatic heterocycles. The molecule has 2 saturated heterocycles. The third-order valence-electron chi connectivity index (χ3n) is 5.99. The van der Waals surface area contributed by atoms with E-state index in [9.17, 15) is 19.1 Å². The van der Waals surface area contributed by atoms with Crippen LogP contribution in [-0.4, -0.2) is 59.6 Å². The van der Waals surface area contributed by atoms with Gasteiger partial charge in [-0.25, -0.2) is 14.2 Å². The number of rotatable bonds is 6. The number of halogens is 1. The fraction of sp³-hybridized carbons (Fsp3) is 0.435. The lowest BCUT2D eigenvalue weighted by molar-refractivity contribution is 0.0696. The normalized spacial score (nSPS) is 19.4. The van der Waals surface area contributed by atoms with Gasteiger partial charge in [0, 0.05) is 25.2 Å².